The van der Waals surface area contributed by atoms with E-state index in [1.165, 1.54) is 43.5 Å². The summed E-state index contributed by atoms with van der Waals surface area (Å²) >= 11 is 0. The number of aromatic nitrogens is 4. The van der Waals surface area contributed by atoms with Crippen molar-refractivity contribution < 1.29 is 9.59 Å². The van der Waals surface area contributed by atoms with Crippen molar-refractivity contribution >= 4 is 23.1 Å². The summed E-state index contributed by atoms with van der Waals surface area (Å²) in [5.41, 5.74) is -0.780. The number of nitrogens with zero attached hydrogens (tertiary/aromatic N) is 4. The van der Waals surface area contributed by atoms with E-state index in [4.69, 9.17) is 0 Å². The maximum atomic E-state index is 12.3. The molecule has 0 saturated carbocycles. The van der Waals surface area contributed by atoms with Gasteiger partial charge in [0, 0.05) is 21.1 Å². The lowest BCUT2D eigenvalue weighted by Crippen LogP contribution is -2.42. The summed E-state index contributed by atoms with van der Waals surface area (Å²) in [4.78, 5) is 51.3. The van der Waals surface area contributed by atoms with Gasteiger partial charge in [-0.1, -0.05) is 0 Å². The van der Waals surface area contributed by atoms with Crippen LogP contribution in [-0.4, -0.2) is 37.7 Å². The van der Waals surface area contributed by atoms with E-state index in [1.54, 1.807) is 0 Å². The smallest absolute Gasteiger partial charge is 0.332 e. The topological polar surface area (TPSA) is 120 Å². The lowest BCUT2D eigenvalue weighted by Gasteiger charge is -2.13. The van der Waals surface area contributed by atoms with Gasteiger partial charge < -0.3 is 9.88 Å². The molecule has 0 aliphatic carbocycles. The fraction of sp³-hybridized carbons (Fsp3) is 0.417. The normalized spacial score (nSPS) is 12.2. The Morgan fingerprint density at radius 3 is 2.45 bits per heavy atom. The first-order chi connectivity index (χ1) is 10.3. The Morgan fingerprint density at radius 2 is 1.86 bits per heavy atom. The lowest BCUT2D eigenvalue weighted by atomic mass is 10.3. The fourth-order valence-corrected chi connectivity index (χ4v) is 2.06. The van der Waals surface area contributed by atoms with Gasteiger partial charge in [-0.05, 0) is 6.92 Å². The van der Waals surface area contributed by atoms with Gasteiger partial charge in [-0.3, -0.25) is 24.0 Å². The van der Waals surface area contributed by atoms with Crippen molar-refractivity contribution in [3.8, 4) is 0 Å². The fourth-order valence-electron chi connectivity index (χ4n) is 2.06. The van der Waals surface area contributed by atoms with Gasteiger partial charge in [-0.25, -0.2) is 14.6 Å². The third-order valence-electron chi connectivity index (χ3n) is 3.43. The highest BCUT2D eigenvalue weighted by molar-refractivity contribution is 5.96. The third-order valence-corrected chi connectivity index (χ3v) is 3.43. The molecule has 10 heteroatoms. The maximum absolute atomic E-state index is 12.3. The number of imide groups is 1. The van der Waals surface area contributed by atoms with Crippen molar-refractivity contribution in [2.45, 2.75) is 13.0 Å². The largest absolute Gasteiger partial charge is 0.341 e. The molecule has 2 heterocycles. The molecule has 3 amide bonds. The minimum atomic E-state index is -0.854. The molecule has 0 fully saturated rings. The van der Waals surface area contributed by atoms with Gasteiger partial charge in [-0.15, -0.1) is 0 Å². The zero-order chi connectivity index (χ0) is 16.6. The highest BCUT2D eigenvalue weighted by Gasteiger charge is 2.22. The van der Waals surface area contributed by atoms with Crippen LogP contribution in [0.25, 0.3) is 11.2 Å². The van der Waals surface area contributed by atoms with E-state index in [0.717, 1.165) is 4.57 Å². The summed E-state index contributed by atoms with van der Waals surface area (Å²) in [6.07, 6.45) is 1.29. The summed E-state index contributed by atoms with van der Waals surface area (Å²) in [6.45, 7) is 1.52. The quantitative estimate of drug-likeness (QED) is 0.696. The van der Waals surface area contributed by atoms with Gasteiger partial charge in [0.2, 0.25) is 0 Å². The molecule has 0 unspecified atom stereocenters. The molecule has 0 aromatic carbocycles. The van der Waals surface area contributed by atoms with Crippen LogP contribution in [-0.2, 0) is 18.9 Å². The molecule has 0 spiro atoms. The average Bonchev–Trinajstić information content (AvgIpc) is 2.94. The second kappa shape index (κ2) is 5.47. The molecule has 0 radical (unpaired) electrons. The van der Waals surface area contributed by atoms with Gasteiger partial charge in [-0.2, -0.15) is 0 Å². The van der Waals surface area contributed by atoms with Crippen molar-refractivity contribution in [2.75, 3.05) is 7.05 Å². The molecule has 2 N–H and O–H groups in total. The van der Waals surface area contributed by atoms with E-state index in [2.05, 4.69) is 15.6 Å². The second-order valence-electron chi connectivity index (χ2n) is 4.77. The number of aryl methyl sites for hydroxylation is 1. The Balaban J connectivity index is 2.58. The van der Waals surface area contributed by atoms with Crippen molar-refractivity contribution in [1.29, 1.82) is 0 Å². The van der Waals surface area contributed by atoms with Crippen LogP contribution in [0.15, 0.2) is 15.9 Å². The van der Waals surface area contributed by atoms with Crippen molar-refractivity contribution in [3.63, 3.8) is 0 Å². The highest BCUT2D eigenvalue weighted by Crippen LogP contribution is 2.13. The number of urea groups is 1. The summed E-state index contributed by atoms with van der Waals surface area (Å²) in [5, 5.41) is 4.39. The monoisotopic (exact) mass is 308 g/mol. The number of rotatable bonds is 2. The number of carbonyl (C=O) groups is 2. The summed E-state index contributed by atoms with van der Waals surface area (Å²) in [6, 6.07) is -1.51. The number of fused-ring (bicyclic) bond motifs is 1. The molecule has 0 aliphatic rings. The van der Waals surface area contributed by atoms with Crippen molar-refractivity contribution in [3.05, 3.63) is 27.2 Å². The number of nitrogens with one attached hydrogen (secondary N) is 2. The van der Waals surface area contributed by atoms with Crippen LogP contribution in [0, 0.1) is 0 Å². The standard InChI is InChI=1S/C12H16N6O4/c1-6(9(19)15-11(21)13-2)18-5-14-8-7(18)10(20)17(4)12(22)16(8)3/h5-6H,1-4H3,(H2,13,15,19,21)/t6-/m0/s1. The minimum absolute atomic E-state index is 0.115. The van der Waals surface area contributed by atoms with Crippen LogP contribution in [0.3, 0.4) is 0 Å². The zero-order valence-corrected chi connectivity index (χ0v) is 12.6. The highest BCUT2D eigenvalue weighted by atomic mass is 16.2. The number of amides is 3. The van der Waals surface area contributed by atoms with Crippen LogP contribution in [0.5, 0.6) is 0 Å². The molecule has 0 aliphatic heterocycles. The zero-order valence-electron chi connectivity index (χ0n) is 12.6. The Hall–Kier alpha value is -2.91. The molecule has 2 aromatic heterocycles. The predicted octanol–water partition coefficient (Wildman–Crippen LogP) is -1.55. The summed E-state index contributed by atoms with van der Waals surface area (Å²) in [5.74, 6) is -0.602. The van der Waals surface area contributed by atoms with Gasteiger partial charge in [0.25, 0.3) is 11.5 Å². The average molecular weight is 308 g/mol. The van der Waals surface area contributed by atoms with E-state index in [9.17, 15) is 19.2 Å². The molecule has 2 aromatic rings. The lowest BCUT2D eigenvalue weighted by molar-refractivity contribution is -0.122. The summed E-state index contributed by atoms with van der Waals surface area (Å²) in [7, 11) is 4.21. The number of imidazole rings is 1. The van der Waals surface area contributed by atoms with E-state index in [1.807, 2.05) is 0 Å². The molecule has 10 nitrogen and oxygen atoms in total. The molecule has 0 saturated heterocycles. The van der Waals surface area contributed by atoms with Crippen molar-refractivity contribution in [2.24, 2.45) is 14.1 Å². The van der Waals surface area contributed by atoms with Crippen LogP contribution in [0.4, 0.5) is 4.79 Å². The Morgan fingerprint density at radius 1 is 1.23 bits per heavy atom. The molecular weight excluding hydrogens is 292 g/mol. The number of hydrogen-bond donors (Lipinski definition) is 2. The number of hydrogen-bond acceptors (Lipinski definition) is 5. The van der Waals surface area contributed by atoms with Crippen molar-refractivity contribution in [1.82, 2.24) is 29.3 Å². The van der Waals surface area contributed by atoms with Crippen LogP contribution >= 0.6 is 0 Å². The Labute approximate surface area is 124 Å². The number of carbonyl (C=O) groups excluding carboxylic acids is 2. The van der Waals surface area contributed by atoms with Gasteiger partial charge in [0.15, 0.2) is 11.2 Å². The Kier molecular flexibility index (Phi) is 3.85. The van der Waals surface area contributed by atoms with Crippen LogP contribution in [0.2, 0.25) is 0 Å². The Bertz CT molecular complexity index is 874. The molecule has 118 valence electrons. The first kappa shape index (κ1) is 15.5. The second-order valence-corrected chi connectivity index (χ2v) is 4.77. The first-order valence-corrected chi connectivity index (χ1v) is 6.44. The molecule has 1 atom stereocenters. The maximum Gasteiger partial charge on any atom is 0.332 e. The van der Waals surface area contributed by atoms with Crippen LogP contribution < -0.4 is 21.9 Å². The van der Waals surface area contributed by atoms with E-state index in [0.29, 0.717) is 0 Å². The first-order valence-electron chi connectivity index (χ1n) is 6.44. The molecule has 0 bridgehead atoms. The van der Waals surface area contributed by atoms with Gasteiger partial charge >= 0.3 is 11.7 Å². The van der Waals surface area contributed by atoms with E-state index < -0.39 is 29.2 Å². The van der Waals surface area contributed by atoms with Crippen LogP contribution in [0.1, 0.15) is 13.0 Å². The third kappa shape index (κ3) is 2.28. The molecular formula is C12H16N6O4. The van der Waals surface area contributed by atoms with E-state index in [-0.39, 0.29) is 11.2 Å². The summed E-state index contributed by atoms with van der Waals surface area (Å²) < 4.78 is 3.48. The van der Waals surface area contributed by atoms with Gasteiger partial charge in [0.1, 0.15) is 6.04 Å². The van der Waals surface area contributed by atoms with E-state index >= 15 is 0 Å². The SMILES string of the molecule is CNC(=O)NC(=O)[C@H](C)n1cnc2c1c(=O)n(C)c(=O)n2C. The minimum Gasteiger partial charge on any atom is -0.341 e. The predicted molar refractivity (Wildman–Crippen MR) is 77.5 cm³/mol. The van der Waals surface area contributed by atoms with Gasteiger partial charge in [0.05, 0.1) is 6.33 Å². The molecule has 2 rings (SSSR count). The molecule has 22 heavy (non-hydrogen) atoms.